The standard InChI is InChI=1S/C33H23F2N5O3/c1-42-22-10-12-27-19(13-22)14-23(33(39-27)43-21-8-5-18(16-36)6-9-21)30-24(17-37)32(38)40(20-7-11-25(34)26(35)15-20)28-3-2-4-29(41)31(28)30/h5-15,30H,2-4,38H2,1H3. The van der Waals surface area contributed by atoms with Crippen molar-refractivity contribution in [1.29, 1.82) is 10.5 Å². The number of fused-ring (bicyclic) bond motifs is 1. The van der Waals surface area contributed by atoms with Crippen LogP contribution in [0, 0.1) is 34.3 Å². The van der Waals surface area contributed by atoms with Gasteiger partial charge in [-0.05, 0) is 73.5 Å². The first kappa shape index (κ1) is 27.4. The van der Waals surface area contributed by atoms with Gasteiger partial charge in [0.15, 0.2) is 17.4 Å². The summed E-state index contributed by atoms with van der Waals surface area (Å²) in [4.78, 5) is 19.9. The van der Waals surface area contributed by atoms with Crippen LogP contribution in [0.5, 0.6) is 17.4 Å². The van der Waals surface area contributed by atoms with Gasteiger partial charge in [0.05, 0.1) is 47.5 Å². The Bertz CT molecular complexity index is 1950. The molecule has 8 nitrogen and oxygen atoms in total. The fourth-order valence-corrected chi connectivity index (χ4v) is 5.59. The predicted octanol–water partition coefficient (Wildman–Crippen LogP) is 6.49. The van der Waals surface area contributed by atoms with Crippen LogP contribution in [-0.2, 0) is 4.79 Å². The van der Waals surface area contributed by atoms with Gasteiger partial charge in [-0.2, -0.15) is 10.5 Å². The zero-order valence-corrected chi connectivity index (χ0v) is 22.9. The molecular formula is C33H23F2N5O3. The van der Waals surface area contributed by atoms with Gasteiger partial charge in [0.25, 0.3) is 0 Å². The number of ether oxygens (including phenoxy) is 2. The summed E-state index contributed by atoms with van der Waals surface area (Å²) in [5.74, 6) is -2.17. The lowest BCUT2D eigenvalue weighted by molar-refractivity contribution is -0.116. The molecule has 2 aliphatic rings. The van der Waals surface area contributed by atoms with E-state index in [1.165, 1.54) is 11.0 Å². The number of hydrogen-bond donors (Lipinski definition) is 1. The maximum Gasteiger partial charge on any atom is 0.224 e. The van der Waals surface area contributed by atoms with Crippen LogP contribution in [0.4, 0.5) is 14.5 Å². The van der Waals surface area contributed by atoms with Gasteiger partial charge in [-0.1, -0.05) is 0 Å². The number of hydrogen-bond acceptors (Lipinski definition) is 8. The molecule has 2 N–H and O–H groups in total. The zero-order valence-electron chi connectivity index (χ0n) is 22.9. The van der Waals surface area contributed by atoms with E-state index >= 15 is 0 Å². The minimum Gasteiger partial charge on any atom is -0.497 e. The summed E-state index contributed by atoms with van der Waals surface area (Å²) in [6, 6.07) is 21.1. The number of aromatic nitrogens is 1. The molecule has 1 atom stereocenters. The maximum atomic E-state index is 14.3. The number of carbonyl (C=O) groups is 1. The van der Waals surface area contributed by atoms with Crippen molar-refractivity contribution in [2.24, 2.45) is 5.73 Å². The van der Waals surface area contributed by atoms with Crippen molar-refractivity contribution in [3.8, 4) is 29.5 Å². The molecule has 43 heavy (non-hydrogen) atoms. The number of halogens is 2. The van der Waals surface area contributed by atoms with E-state index in [0.29, 0.717) is 57.6 Å². The first-order valence-corrected chi connectivity index (χ1v) is 13.4. The van der Waals surface area contributed by atoms with Crippen LogP contribution in [0.25, 0.3) is 10.9 Å². The number of pyridine rings is 1. The third-order valence-electron chi connectivity index (χ3n) is 7.60. The molecule has 1 unspecified atom stereocenters. The summed E-state index contributed by atoms with van der Waals surface area (Å²) in [5, 5.41) is 20.3. The largest absolute Gasteiger partial charge is 0.497 e. The van der Waals surface area contributed by atoms with Gasteiger partial charge in [-0.3, -0.25) is 9.69 Å². The highest BCUT2D eigenvalue weighted by Crippen LogP contribution is 2.49. The second kappa shape index (κ2) is 10.9. The third-order valence-corrected chi connectivity index (χ3v) is 7.60. The second-order valence-corrected chi connectivity index (χ2v) is 10.1. The minimum atomic E-state index is -1.08. The number of Topliss-reactive ketones (excluding diaryl/α,β-unsaturated/α-hetero) is 1. The van der Waals surface area contributed by atoms with Crippen molar-refractivity contribution in [3.05, 3.63) is 112 Å². The number of anilines is 1. The number of carbonyl (C=O) groups excluding carboxylic acids is 1. The van der Waals surface area contributed by atoms with Crippen molar-refractivity contribution >= 4 is 22.4 Å². The molecule has 1 aliphatic carbocycles. The Morgan fingerprint density at radius 1 is 0.953 bits per heavy atom. The van der Waals surface area contributed by atoms with Gasteiger partial charge in [0, 0.05) is 34.7 Å². The number of ketones is 1. The number of rotatable bonds is 5. The molecule has 0 saturated carbocycles. The molecule has 1 aliphatic heterocycles. The summed E-state index contributed by atoms with van der Waals surface area (Å²) in [5.41, 5.74) is 9.12. The van der Waals surface area contributed by atoms with Crippen LogP contribution in [0.2, 0.25) is 0 Å². The van der Waals surface area contributed by atoms with E-state index in [-0.39, 0.29) is 35.2 Å². The molecule has 10 heteroatoms. The van der Waals surface area contributed by atoms with E-state index in [4.69, 9.17) is 20.2 Å². The molecule has 6 rings (SSSR count). The molecule has 0 fully saturated rings. The van der Waals surface area contributed by atoms with Gasteiger partial charge in [-0.25, -0.2) is 13.8 Å². The van der Waals surface area contributed by atoms with Gasteiger partial charge in [0.1, 0.15) is 17.3 Å². The second-order valence-electron chi connectivity index (χ2n) is 10.1. The Kier molecular flexibility index (Phi) is 6.96. The summed E-state index contributed by atoms with van der Waals surface area (Å²) in [6.45, 7) is 0. The molecule has 2 heterocycles. The van der Waals surface area contributed by atoms with Gasteiger partial charge < -0.3 is 15.2 Å². The summed E-state index contributed by atoms with van der Waals surface area (Å²) in [7, 11) is 1.54. The number of nitriles is 2. The van der Waals surface area contributed by atoms with Crippen molar-refractivity contribution < 1.29 is 23.0 Å². The molecule has 0 saturated heterocycles. The molecule has 1 aromatic heterocycles. The number of allylic oxidation sites excluding steroid dienone is 3. The highest BCUT2D eigenvalue weighted by atomic mass is 19.2. The van der Waals surface area contributed by atoms with E-state index < -0.39 is 17.6 Å². The van der Waals surface area contributed by atoms with Gasteiger partial charge >= 0.3 is 0 Å². The molecular weight excluding hydrogens is 552 g/mol. The highest BCUT2D eigenvalue weighted by Gasteiger charge is 2.42. The Hall–Kier alpha value is -5.74. The average molecular weight is 576 g/mol. The molecule has 212 valence electrons. The van der Waals surface area contributed by atoms with Crippen LogP contribution in [0.1, 0.15) is 36.3 Å². The van der Waals surface area contributed by atoms with Crippen LogP contribution in [-0.4, -0.2) is 17.9 Å². The lowest BCUT2D eigenvalue weighted by Gasteiger charge is -2.39. The fraction of sp³-hybridized carbons (Fsp3) is 0.152. The Morgan fingerprint density at radius 2 is 1.72 bits per heavy atom. The van der Waals surface area contributed by atoms with E-state index in [0.717, 1.165) is 12.1 Å². The van der Waals surface area contributed by atoms with Crippen LogP contribution in [0.15, 0.2) is 89.4 Å². The van der Waals surface area contributed by atoms with E-state index in [1.54, 1.807) is 55.6 Å². The number of nitrogens with two attached hydrogens (primary N) is 1. The van der Waals surface area contributed by atoms with Crippen LogP contribution < -0.4 is 20.1 Å². The SMILES string of the molecule is COc1ccc2nc(Oc3ccc(C#N)cc3)c(C3C(C#N)=C(N)N(c4ccc(F)c(F)c4)C4=C3C(=O)CCC4)cc2c1. The molecule has 0 spiro atoms. The fourth-order valence-electron chi connectivity index (χ4n) is 5.59. The lowest BCUT2D eigenvalue weighted by atomic mass is 9.75. The molecule has 3 aromatic carbocycles. The van der Waals surface area contributed by atoms with Crippen LogP contribution >= 0.6 is 0 Å². The Labute approximate surface area is 245 Å². The van der Waals surface area contributed by atoms with Crippen molar-refractivity contribution in [1.82, 2.24) is 4.98 Å². The molecule has 0 radical (unpaired) electrons. The first-order chi connectivity index (χ1) is 20.8. The molecule has 0 bridgehead atoms. The number of methoxy groups -OCH3 is 1. The monoisotopic (exact) mass is 575 g/mol. The quantitative estimate of drug-likeness (QED) is 0.286. The van der Waals surface area contributed by atoms with Crippen LogP contribution in [0.3, 0.4) is 0 Å². The highest BCUT2D eigenvalue weighted by molar-refractivity contribution is 6.01. The molecule has 0 amide bonds. The minimum absolute atomic E-state index is 0.0120. The van der Waals surface area contributed by atoms with Crippen molar-refractivity contribution in [3.63, 3.8) is 0 Å². The van der Waals surface area contributed by atoms with Crippen molar-refractivity contribution in [2.75, 3.05) is 12.0 Å². The summed E-state index contributed by atoms with van der Waals surface area (Å²) in [6.07, 6.45) is 1.17. The lowest BCUT2D eigenvalue weighted by Crippen LogP contribution is -2.39. The van der Waals surface area contributed by atoms with E-state index in [9.17, 15) is 24.1 Å². The smallest absolute Gasteiger partial charge is 0.224 e. The van der Waals surface area contributed by atoms with Gasteiger partial charge in [0.2, 0.25) is 5.88 Å². The van der Waals surface area contributed by atoms with E-state index in [2.05, 4.69) is 12.1 Å². The first-order valence-electron chi connectivity index (χ1n) is 13.4. The van der Waals surface area contributed by atoms with Crippen molar-refractivity contribution in [2.45, 2.75) is 25.2 Å². The zero-order chi connectivity index (χ0) is 30.2. The predicted molar refractivity (Wildman–Crippen MR) is 154 cm³/mol. The average Bonchev–Trinajstić information content (AvgIpc) is 3.02. The number of nitrogens with zero attached hydrogens (tertiary/aromatic N) is 4. The summed E-state index contributed by atoms with van der Waals surface area (Å²) < 4.78 is 39.8. The van der Waals surface area contributed by atoms with Gasteiger partial charge in [-0.15, -0.1) is 0 Å². The normalized spacial score (nSPS) is 16.5. The summed E-state index contributed by atoms with van der Waals surface area (Å²) >= 11 is 0. The third kappa shape index (κ3) is 4.79. The topological polar surface area (TPSA) is 125 Å². The Morgan fingerprint density at radius 3 is 2.42 bits per heavy atom. The number of benzene rings is 3. The molecule has 4 aromatic rings. The maximum absolute atomic E-state index is 14.3. The van der Waals surface area contributed by atoms with E-state index in [1.807, 2.05) is 0 Å². The Balaban J connectivity index is 1.60.